The Labute approximate surface area is 151 Å². The number of carbonyl (C=O) groups excluding carboxylic acids is 2. The first-order chi connectivity index (χ1) is 12.5. The van der Waals surface area contributed by atoms with E-state index in [0.29, 0.717) is 30.0 Å². The molecule has 1 heterocycles. The van der Waals surface area contributed by atoms with E-state index in [4.69, 9.17) is 11.6 Å². The van der Waals surface area contributed by atoms with Crippen LogP contribution in [0.5, 0.6) is 0 Å². The van der Waals surface area contributed by atoms with Crippen LogP contribution < -0.4 is 21.8 Å². The molecular weight excluding hydrogens is 330 g/mol. The van der Waals surface area contributed by atoms with Crippen LogP contribution >= 0.6 is 0 Å². The Morgan fingerprint density at radius 1 is 1.19 bits per heavy atom. The average Bonchev–Trinajstić information content (AvgIpc) is 2.63. The fraction of sp³-hybridized carbons (Fsp3) is 0.158. The molecule has 0 aliphatic carbocycles. The maximum Gasteiger partial charge on any atom is 0.246 e. The number of nitrogens with zero attached hydrogens (tertiary/aromatic N) is 2. The zero-order valence-electron chi connectivity index (χ0n) is 14.5. The Bertz CT molecular complexity index is 876. The minimum absolute atomic E-state index is 0.0903. The van der Waals surface area contributed by atoms with E-state index in [1.54, 1.807) is 11.9 Å². The second kappa shape index (κ2) is 7.28. The van der Waals surface area contributed by atoms with Gasteiger partial charge in [-0.3, -0.25) is 9.59 Å². The van der Waals surface area contributed by atoms with Gasteiger partial charge in [-0.1, -0.05) is 42.5 Å². The molecule has 3 rings (SSSR count). The van der Waals surface area contributed by atoms with Crippen LogP contribution in [0.3, 0.4) is 0 Å². The van der Waals surface area contributed by atoms with Gasteiger partial charge in [-0.25, -0.2) is 5.84 Å². The fourth-order valence-electron chi connectivity index (χ4n) is 3.19. The van der Waals surface area contributed by atoms with Gasteiger partial charge in [-0.15, -0.1) is 0 Å². The normalized spacial score (nSPS) is 16.0. The summed E-state index contributed by atoms with van der Waals surface area (Å²) in [7, 11) is 1.71. The molecule has 0 bridgehead atoms. The van der Waals surface area contributed by atoms with Crippen LogP contribution in [0.2, 0.25) is 0 Å². The van der Waals surface area contributed by atoms with Crippen molar-refractivity contribution in [1.82, 2.24) is 10.3 Å². The highest BCUT2D eigenvalue weighted by atomic mass is 16.2. The predicted molar refractivity (Wildman–Crippen MR) is 101 cm³/mol. The Kier molecular flexibility index (Phi) is 4.90. The zero-order valence-corrected chi connectivity index (χ0v) is 14.5. The second-order valence-electron chi connectivity index (χ2n) is 6.03. The average molecular weight is 351 g/mol. The number of carbonyl (C=O) groups is 2. The van der Waals surface area contributed by atoms with Crippen LogP contribution in [0.1, 0.15) is 16.7 Å². The van der Waals surface area contributed by atoms with Gasteiger partial charge in [0.2, 0.25) is 12.3 Å². The SMILES string of the molecule is CN(N)/C1=C(\N)c2ccccc2CN(C(=O)CNC=O)c2ccccc21. The Hall–Kier alpha value is -3.32. The molecule has 0 spiro atoms. The van der Waals surface area contributed by atoms with Gasteiger partial charge in [0.25, 0.3) is 0 Å². The predicted octanol–water partition coefficient (Wildman–Crippen LogP) is 0.869. The van der Waals surface area contributed by atoms with Crippen molar-refractivity contribution < 1.29 is 9.59 Å². The second-order valence-corrected chi connectivity index (χ2v) is 6.03. The molecule has 7 nitrogen and oxygen atoms in total. The van der Waals surface area contributed by atoms with Crippen molar-refractivity contribution in [2.45, 2.75) is 6.54 Å². The van der Waals surface area contributed by atoms with E-state index >= 15 is 0 Å². The van der Waals surface area contributed by atoms with Crippen LogP contribution in [-0.2, 0) is 16.1 Å². The number of hydrazine groups is 1. The van der Waals surface area contributed by atoms with Crippen LogP contribution in [0.15, 0.2) is 48.5 Å². The fourth-order valence-corrected chi connectivity index (χ4v) is 3.19. The molecule has 0 fully saturated rings. The minimum atomic E-state index is -0.223. The summed E-state index contributed by atoms with van der Waals surface area (Å²) in [5.74, 6) is 5.86. The molecule has 0 unspecified atom stereocenters. The molecule has 2 amide bonds. The van der Waals surface area contributed by atoms with E-state index in [1.807, 2.05) is 48.5 Å². The highest BCUT2D eigenvalue weighted by Gasteiger charge is 2.26. The topological polar surface area (TPSA) is 105 Å². The molecule has 0 radical (unpaired) electrons. The first-order valence-corrected chi connectivity index (χ1v) is 8.17. The van der Waals surface area contributed by atoms with Crippen LogP contribution in [0.25, 0.3) is 11.4 Å². The number of anilines is 1. The van der Waals surface area contributed by atoms with Gasteiger partial charge < -0.3 is 21.0 Å². The molecule has 0 aromatic heterocycles. The smallest absolute Gasteiger partial charge is 0.246 e. The first-order valence-electron chi connectivity index (χ1n) is 8.17. The minimum Gasteiger partial charge on any atom is -0.396 e. The standard InChI is InChI=1S/C19H21N5O2/c1-23(21)19-15-8-4-5-9-16(15)24(17(26)10-22-12-25)11-13-6-2-3-7-14(13)18(19)20/h2-9,12H,10-11,20-21H2,1H3,(H,22,25)/b19-18-. The maximum absolute atomic E-state index is 12.8. The van der Waals surface area contributed by atoms with Crippen molar-refractivity contribution in [1.29, 1.82) is 0 Å². The number of nitrogens with two attached hydrogens (primary N) is 2. The van der Waals surface area contributed by atoms with Gasteiger partial charge in [-0.05, 0) is 11.6 Å². The molecule has 2 aromatic rings. The number of rotatable bonds is 4. The lowest BCUT2D eigenvalue weighted by Gasteiger charge is -2.32. The van der Waals surface area contributed by atoms with E-state index in [9.17, 15) is 9.59 Å². The molecule has 134 valence electrons. The van der Waals surface area contributed by atoms with Gasteiger partial charge in [0.1, 0.15) is 0 Å². The van der Waals surface area contributed by atoms with Crippen molar-refractivity contribution in [3.05, 3.63) is 65.2 Å². The number of hydrogen-bond donors (Lipinski definition) is 3. The van der Waals surface area contributed by atoms with Crippen molar-refractivity contribution in [2.24, 2.45) is 11.6 Å². The van der Waals surface area contributed by atoms with Gasteiger partial charge in [0.05, 0.1) is 30.2 Å². The maximum atomic E-state index is 12.8. The van der Waals surface area contributed by atoms with Gasteiger partial charge in [-0.2, -0.15) is 0 Å². The summed E-state index contributed by atoms with van der Waals surface area (Å²) in [6.07, 6.45) is 0.513. The van der Waals surface area contributed by atoms with Crippen molar-refractivity contribution in [3.63, 3.8) is 0 Å². The molecule has 2 aromatic carbocycles. The summed E-state index contributed by atoms with van der Waals surface area (Å²) >= 11 is 0. The Balaban J connectivity index is 2.26. The molecule has 5 N–H and O–H groups in total. The zero-order chi connectivity index (χ0) is 18.7. The quantitative estimate of drug-likeness (QED) is 0.431. The van der Waals surface area contributed by atoms with E-state index in [0.717, 1.165) is 16.7 Å². The summed E-state index contributed by atoms with van der Waals surface area (Å²) < 4.78 is 0. The molecule has 1 aliphatic heterocycles. The summed E-state index contributed by atoms with van der Waals surface area (Å²) in [6.45, 7) is 0.252. The van der Waals surface area contributed by atoms with Crippen molar-refractivity contribution in [3.8, 4) is 0 Å². The Morgan fingerprint density at radius 2 is 1.85 bits per heavy atom. The van der Waals surface area contributed by atoms with E-state index in [-0.39, 0.29) is 12.5 Å². The lowest BCUT2D eigenvalue weighted by molar-refractivity contribution is -0.120. The van der Waals surface area contributed by atoms with Crippen LogP contribution in [-0.4, -0.2) is 30.9 Å². The number of benzene rings is 2. The van der Waals surface area contributed by atoms with E-state index in [1.165, 1.54) is 5.01 Å². The molecule has 0 atom stereocenters. The summed E-state index contributed by atoms with van der Waals surface area (Å²) in [6, 6.07) is 15.1. The summed E-state index contributed by atoms with van der Waals surface area (Å²) in [5, 5.41) is 3.90. The van der Waals surface area contributed by atoms with E-state index < -0.39 is 0 Å². The van der Waals surface area contributed by atoms with Crippen LogP contribution in [0, 0.1) is 0 Å². The monoisotopic (exact) mass is 351 g/mol. The van der Waals surface area contributed by atoms with Gasteiger partial charge >= 0.3 is 0 Å². The largest absolute Gasteiger partial charge is 0.396 e. The van der Waals surface area contributed by atoms with Gasteiger partial charge in [0, 0.05) is 18.2 Å². The Morgan fingerprint density at radius 3 is 2.54 bits per heavy atom. The highest BCUT2D eigenvalue weighted by molar-refractivity contribution is 6.02. The number of para-hydroxylation sites is 1. The molecule has 0 saturated heterocycles. The molecule has 0 saturated carbocycles. The molecule has 7 heteroatoms. The molecule has 1 aliphatic rings. The summed E-state index contributed by atoms with van der Waals surface area (Å²) in [4.78, 5) is 25.0. The third kappa shape index (κ3) is 3.12. The third-order valence-electron chi connectivity index (χ3n) is 4.33. The van der Waals surface area contributed by atoms with Crippen LogP contribution in [0.4, 0.5) is 5.69 Å². The number of fused-ring (bicyclic) bond motifs is 2. The van der Waals surface area contributed by atoms with Gasteiger partial charge in [0.15, 0.2) is 0 Å². The van der Waals surface area contributed by atoms with E-state index in [2.05, 4.69) is 5.32 Å². The number of nitrogens with one attached hydrogen (secondary N) is 1. The molecule has 26 heavy (non-hydrogen) atoms. The lowest BCUT2D eigenvalue weighted by atomic mass is 9.96. The molecular formula is C19H21N5O2. The summed E-state index contributed by atoms with van der Waals surface area (Å²) in [5.41, 5.74) is 10.8. The lowest BCUT2D eigenvalue weighted by Crippen LogP contribution is -2.39. The number of amides is 2. The number of hydrogen-bond acceptors (Lipinski definition) is 5. The van der Waals surface area contributed by atoms with Crippen molar-refractivity contribution in [2.75, 3.05) is 18.5 Å². The third-order valence-corrected chi connectivity index (χ3v) is 4.33. The highest BCUT2D eigenvalue weighted by Crippen LogP contribution is 2.36. The first kappa shape index (κ1) is 17.5. The van der Waals surface area contributed by atoms with Crippen molar-refractivity contribution >= 4 is 29.4 Å².